The smallest absolute Gasteiger partial charge is 0.337 e. The molecule has 0 saturated heterocycles. The van der Waals surface area contributed by atoms with Gasteiger partial charge in [0, 0.05) is 6.42 Å². The minimum absolute atomic E-state index is 0.400. The Morgan fingerprint density at radius 3 is 2.89 bits per heavy atom. The van der Waals surface area contributed by atoms with Crippen LogP contribution >= 0.6 is 11.3 Å². The fourth-order valence-electron chi connectivity index (χ4n) is 1.62. The molecule has 0 amide bonds. The topological polar surface area (TPSA) is 61.5 Å². The maximum absolute atomic E-state index is 11.4. The highest BCUT2D eigenvalue weighted by Gasteiger charge is 2.09. The van der Waals surface area contributed by atoms with Crippen LogP contribution in [0.1, 0.15) is 15.9 Å². The maximum Gasteiger partial charge on any atom is 0.337 e. The normalized spacial score (nSPS) is 10.2. The minimum Gasteiger partial charge on any atom is -0.491 e. The molecule has 5 heteroatoms. The van der Waals surface area contributed by atoms with Crippen molar-refractivity contribution in [2.75, 3.05) is 19.5 Å². The van der Waals surface area contributed by atoms with Gasteiger partial charge in [-0.1, -0.05) is 0 Å². The molecule has 2 N–H and O–H groups in total. The van der Waals surface area contributed by atoms with E-state index in [0.717, 1.165) is 6.42 Å². The summed E-state index contributed by atoms with van der Waals surface area (Å²) in [6, 6.07) is 6.93. The van der Waals surface area contributed by atoms with Crippen LogP contribution in [0.4, 0.5) is 5.69 Å². The van der Waals surface area contributed by atoms with Gasteiger partial charge in [0.05, 0.1) is 25.0 Å². The summed E-state index contributed by atoms with van der Waals surface area (Å²) in [5, 5.41) is 4.11. The van der Waals surface area contributed by atoms with Gasteiger partial charge < -0.3 is 15.2 Å². The highest BCUT2D eigenvalue weighted by Crippen LogP contribution is 2.23. The number of ether oxygens (including phenoxy) is 2. The lowest BCUT2D eigenvalue weighted by molar-refractivity contribution is 0.0600. The van der Waals surface area contributed by atoms with Gasteiger partial charge in [0.1, 0.15) is 5.75 Å². The Labute approximate surface area is 115 Å². The molecule has 2 rings (SSSR count). The lowest BCUT2D eigenvalue weighted by Gasteiger charge is -2.09. The Hall–Kier alpha value is -2.01. The van der Waals surface area contributed by atoms with Gasteiger partial charge in [-0.3, -0.25) is 0 Å². The van der Waals surface area contributed by atoms with Crippen molar-refractivity contribution in [3.8, 4) is 5.75 Å². The molecule has 0 unspecified atom stereocenters. The number of hydrogen-bond donors (Lipinski definition) is 1. The summed E-state index contributed by atoms with van der Waals surface area (Å²) in [5.41, 5.74) is 7.99. The standard InChI is InChI=1S/C14H15NO3S/c1-17-14(16)11-2-3-12(15)13(8-11)18-6-4-10-5-7-19-9-10/h2-3,5,7-9H,4,6,15H2,1H3. The quantitative estimate of drug-likeness (QED) is 0.674. The number of carbonyl (C=O) groups is 1. The van der Waals surface area contributed by atoms with Crippen LogP contribution in [-0.4, -0.2) is 19.7 Å². The molecule has 1 heterocycles. The van der Waals surface area contributed by atoms with E-state index in [0.29, 0.717) is 23.6 Å². The first-order chi connectivity index (χ1) is 9.20. The van der Waals surface area contributed by atoms with Crippen molar-refractivity contribution < 1.29 is 14.3 Å². The van der Waals surface area contributed by atoms with Gasteiger partial charge in [-0.15, -0.1) is 0 Å². The van der Waals surface area contributed by atoms with E-state index in [1.807, 2.05) is 5.38 Å². The van der Waals surface area contributed by atoms with Crippen LogP contribution in [0, 0.1) is 0 Å². The van der Waals surface area contributed by atoms with E-state index >= 15 is 0 Å². The molecule has 1 aromatic heterocycles. The third-order valence-corrected chi connectivity index (χ3v) is 3.40. The minimum atomic E-state index is -0.400. The Bertz CT molecular complexity index is 552. The van der Waals surface area contributed by atoms with Crippen molar-refractivity contribution in [3.63, 3.8) is 0 Å². The summed E-state index contributed by atoms with van der Waals surface area (Å²) in [4.78, 5) is 11.4. The van der Waals surface area contributed by atoms with Crippen LogP contribution < -0.4 is 10.5 Å². The van der Waals surface area contributed by atoms with Crippen molar-refractivity contribution >= 4 is 23.0 Å². The van der Waals surface area contributed by atoms with E-state index in [2.05, 4.69) is 16.2 Å². The molecule has 19 heavy (non-hydrogen) atoms. The third-order valence-electron chi connectivity index (χ3n) is 2.66. The lowest BCUT2D eigenvalue weighted by atomic mass is 10.2. The third kappa shape index (κ3) is 3.48. The molecule has 0 radical (unpaired) electrons. The molecular weight excluding hydrogens is 262 g/mol. The van der Waals surface area contributed by atoms with Gasteiger partial charge in [0.15, 0.2) is 0 Å². The van der Waals surface area contributed by atoms with Crippen LogP contribution in [0.15, 0.2) is 35.0 Å². The number of esters is 1. The first kappa shape index (κ1) is 13.4. The van der Waals surface area contributed by atoms with E-state index in [9.17, 15) is 4.79 Å². The summed E-state index contributed by atoms with van der Waals surface area (Å²) < 4.78 is 10.3. The molecule has 0 aliphatic carbocycles. The number of rotatable bonds is 5. The number of carbonyl (C=O) groups excluding carboxylic acids is 1. The Kier molecular flexibility index (Phi) is 4.41. The van der Waals surface area contributed by atoms with Crippen LogP contribution in [-0.2, 0) is 11.2 Å². The molecule has 4 nitrogen and oxygen atoms in total. The molecule has 0 saturated carbocycles. The Morgan fingerprint density at radius 2 is 2.21 bits per heavy atom. The van der Waals surface area contributed by atoms with Crippen LogP contribution in [0.5, 0.6) is 5.75 Å². The lowest BCUT2D eigenvalue weighted by Crippen LogP contribution is -2.06. The van der Waals surface area contributed by atoms with Crippen molar-refractivity contribution in [2.24, 2.45) is 0 Å². The van der Waals surface area contributed by atoms with Crippen molar-refractivity contribution in [1.82, 2.24) is 0 Å². The van der Waals surface area contributed by atoms with Crippen LogP contribution in [0.2, 0.25) is 0 Å². The van der Waals surface area contributed by atoms with Crippen LogP contribution in [0.25, 0.3) is 0 Å². The number of nitrogens with two attached hydrogens (primary N) is 1. The number of thiophene rings is 1. The van der Waals surface area contributed by atoms with E-state index in [1.54, 1.807) is 29.5 Å². The largest absolute Gasteiger partial charge is 0.491 e. The van der Waals surface area contributed by atoms with Gasteiger partial charge in [0.2, 0.25) is 0 Å². The molecular formula is C14H15NO3S. The average Bonchev–Trinajstić information content (AvgIpc) is 2.93. The second-order valence-electron chi connectivity index (χ2n) is 3.97. The number of benzene rings is 1. The van der Waals surface area contributed by atoms with Gasteiger partial charge in [-0.2, -0.15) is 11.3 Å². The summed E-state index contributed by atoms with van der Waals surface area (Å²) >= 11 is 1.66. The highest BCUT2D eigenvalue weighted by molar-refractivity contribution is 7.07. The molecule has 0 aliphatic heterocycles. The first-order valence-electron chi connectivity index (χ1n) is 5.82. The molecule has 2 aromatic rings. The first-order valence-corrected chi connectivity index (χ1v) is 6.76. The summed E-state index contributed by atoms with van der Waals surface area (Å²) in [6.45, 7) is 0.519. The molecule has 0 bridgehead atoms. The van der Waals surface area contributed by atoms with Crippen molar-refractivity contribution in [3.05, 3.63) is 46.2 Å². The molecule has 0 atom stereocenters. The SMILES string of the molecule is COC(=O)c1ccc(N)c(OCCc2ccsc2)c1. The van der Waals surface area contributed by atoms with E-state index in [4.69, 9.17) is 10.5 Å². The summed E-state index contributed by atoms with van der Waals surface area (Å²) in [5.74, 6) is 0.112. The molecule has 0 fully saturated rings. The number of hydrogen-bond acceptors (Lipinski definition) is 5. The molecule has 1 aromatic carbocycles. The van der Waals surface area contributed by atoms with Crippen molar-refractivity contribution in [1.29, 1.82) is 0 Å². The van der Waals surface area contributed by atoms with E-state index in [-0.39, 0.29) is 0 Å². The average molecular weight is 277 g/mol. The highest BCUT2D eigenvalue weighted by atomic mass is 32.1. The molecule has 0 spiro atoms. The monoisotopic (exact) mass is 277 g/mol. The zero-order valence-corrected chi connectivity index (χ0v) is 11.4. The fraction of sp³-hybridized carbons (Fsp3) is 0.214. The molecule has 100 valence electrons. The summed E-state index contributed by atoms with van der Waals surface area (Å²) in [7, 11) is 1.34. The second-order valence-corrected chi connectivity index (χ2v) is 4.75. The zero-order valence-electron chi connectivity index (χ0n) is 10.6. The predicted octanol–water partition coefficient (Wildman–Crippen LogP) is 2.74. The zero-order chi connectivity index (χ0) is 13.7. The number of anilines is 1. The molecule has 0 aliphatic rings. The van der Waals surface area contributed by atoms with Crippen LogP contribution in [0.3, 0.4) is 0 Å². The Balaban J connectivity index is 2.00. The van der Waals surface area contributed by atoms with E-state index < -0.39 is 5.97 Å². The Morgan fingerprint density at radius 1 is 1.37 bits per heavy atom. The van der Waals surface area contributed by atoms with E-state index in [1.165, 1.54) is 12.7 Å². The maximum atomic E-state index is 11.4. The van der Waals surface area contributed by atoms with Gasteiger partial charge in [0.25, 0.3) is 0 Å². The van der Waals surface area contributed by atoms with Gasteiger partial charge in [-0.05, 0) is 40.6 Å². The van der Waals surface area contributed by atoms with Gasteiger partial charge >= 0.3 is 5.97 Å². The number of nitrogen functional groups attached to an aromatic ring is 1. The second kappa shape index (κ2) is 6.24. The number of methoxy groups -OCH3 is 1. The van der Waals surface area contributed by atoms with Gasteiger partial charge in [-0.25, -0.2) is 4.79 Å². The predicted molar refractivity (Wildman–Crippen MR) is 75.7 cm³/mol. The summed E-state index contributed by atoms with van der Waals surface area (Å²) in [6.07, 6.45) is 0.811. The van der Waals surface area contributed by atoms with Crippen molar-refractivity contribution in [2.45, 2.75) is 6.42 Å². The fourth-order valence-corrected chi connectivity index (χ4v) is 2.32.